The molecule has 2 heterocycles. The average molecular weight is 336 g/mol. The fourth-order valence-electron chi connectivity index (χ4n) is 2.47. The number of nitrogens with one attached hydrogen (secondary N) is 1. The van der Waals surface area contributed by atoms with Gasteiger partial charge >= 0.3 is 0 Å². The Morgan fingerprint density at radius 2 is 1.92 bits per heavy atom. The molecule has 0 radical (unpaired) electrons. The van der Waals surface area contributed by atoms with Gasteiger partial charge in [-0.15, -0.1) is 0 Å². The van der Waals surface area contributed by atoms with Crippen molar-refractivity contribution in [1.82, 2.24) is 10.3 Å². The summed E-state index contributed by atoms with van der Waals surface area (Å²) < 4.78 is 11.0. The number of hydrogen-bond acceptors (Lipinski definition) is 4. The maximum atomic E-state index is 12.3. The molecule has 3 aromatic rings. The Balaban J connectivity index is 1.58. The number of carbonyl (C=O) groups is 1. The summed E-state index contributed by atoms with van der Waals surface area (Å²) in [6.07, 6.45) is 0.654. The number of hydrogen-bond donors (Lipinski definition) is 1. The number of para-hydroxylation sites is 1. The zero-order valence-corrected chi connectivity index (χ0v) is 14.2. The van der Waals surface area contributed by atoms with Crippen molar-refractivity contribution >= 4 is 5.91 Å². The van der Waals surface area contributed by atoms with Crippen LogP contribution in [-0.4, -0.2) is 16.9 Å². The van der Waals surface area contributed by atoms with Crippen LogP contribution in [0, 0.1) is 6.92 Å². The van der Waals surface area contributed by atoms with Crippen molar-refractivity contribution in [2.45, 2.75) is 26.3 Å². The predicted molar refractivity (Wildman–Crippen MR) is 94.8 cm³/mol. The van der Waals surface area contributed by atoms with Gasteiger partial charge < -0.3 is 14.5 Å². The molecule has 0 saturated carbocycles. The second kappa shape index (κ2) is 7.66. The molecular formula is C20H20N2O3. The van der Waals surface area contributed by atoms with Crippen molar-refractivity contribution in [2.24, 2.45) is 0 Å². The molecule has 1 N–H and O–H groups in total. The Hall–Kier alpha value is -3.08. The van der Waals surface area contributed by atoms with Crippen molar-refractivity contribution in [3.05, 3.63) is 77.8 Å². The fraction of sp³-hybridized carbons (Fsp3) is 0.200. The van der Waals surface area contributed by atoms with Crippen LogP contribution in [0.15, 0.2) is 65.1 Å². The van der Waals surface area contributed by atoms with Crippen molar-refractivity contribution in [1.29, 1.82) is 0 Å². The summed E-state index contributed by atoms with van der Waals surface area (Å²) in [6.45, 7) is 3.89. The van der Waals surface area contributed by atoms with Gasteiger partial charge in [0.05, 0.1) is 0 Å². The molecule has 0 bridgehead atoms. The Labute approximate surface area is 146 Å². The largest absolute Gasteiger partial charge is 0.426 e. The summed E-state index contributed by atoms with van der Waals surface area (Å²) in [7, 11) is 0. The lowest BCUT2D eigenvalue weighted by atomic mass is 10.1. The van der Waals surface area contributed by atoms with Crippen LogP contribution < -0.4 is 10.1 Å². The summed E-state index contributed by atoms with van der Waals surface area (Å²) in [5.41, 5.74) is 1.91. The summed E-state index contributed by atoms with van der Waals surface area (Å²) >= 11 is 0. The van der Waals surface area contributed by atoms with Crippen LogP contribution in [0.1, 0.15) is 28.9 Å². The zero-order chi connectivity index (χ0) is 17.6. The second-order valence-electron chi connectivity index (χ2n) is 5.88. The SMILES string of the molecule is Cc1cccc(C[C@@H](C)NC(=O)c2ccc(Oc3ccccc3)o2)n1. The lowest BCUT2D eigenvalue weighted by Gasteiger charge is -2.12. The third kappa shape index (κ3) is 4.70. The Kier molecular flexibility index (Phi) is 5.14. The molecule has 25 heavy (non-hydrogen) atoms. The molecule has 5 nitrogen and oxygen atoms in total. The molecule has 0 saturated heterocycles. The normalized spacial score (nSPS) is 11.8. The van der Waals surface area contributed by atoms with E-state index in [-0.39, 0.29) is 23.7 Å². The maximum absolute atomic E-state index is 12.3. The van der Waals surface area contributed by atoms with Crippen LogP contribution in [-0.2, 0) is 6.42 Å². The lowest BCUT2D eigenvalue weighted by Crippen LogP contribution is -2.34. The van der Waals surface area contributed by atoms with Crippen LogP contribution in [0.5, 0.6) is 11.7 Å². The van der Waals surface area contributed by atoms with Crippen molar-refractivity contribution in [3.8, 4) is 11.7 Å². The highest BCUT2D eigenvalue weighted by molar-refractivity contribution is 5.91. The highest BCUT2D eigenvalue weighted by Gasteiger charge is 2.15. The molecular weight excluding hydrogens is 316 g/mol. The van der Waals surface area contributed by atoms with E-state index in [9.17, 15) is 4.79 Å². The highest BCUT2D eigenvalue weighted by atomic mass is 16.6. The van der Waals surface area contributed by atoms with E-state index < -0.39 is 0 Å². The molecule has 2 aromatic heterocycles. The summed E-state index contributed by atoms with van der Waals surface area (Å²) in [5.74, 6) is 0.880. The van der Waals surface area contributed by atoms with E-state index in [2.05, 4.69) is 10.3 Å². The van der Waals surface area contributed by atoms with Crippen LogP contribution in [0.25, 0.3) is 0 Å². The summed E-state index contributed by atoms with van der Waals surface area (Å²) in [5, 5.41) is 2.91. The molecule has 0 aliphatic heterocycles. The second-order valence-corrected chi connectivity index (χ2v) is 5.88. The van der Waals surface area contributed by atoms with Gasteiger partial charge in [-0.25, -0.2) is 0 Å². The van der Waals surface area contributed by atoms with Crippen molar-refractivity contribution < 1.29 is 13.9 Å². The van der Waals surface area contributed by atoms with Gasteiger partial charge in [0, 0.05) is 29.9 Å². The Morgan fingerprint density at radius 1 is 1.12 bits per heavy atom. The van der Waals surface area contributed by atoms with E-state index in [1.54, 1.807) is 12.1 Å². The number of pyridine rings is 1. The average Bonchev–Trinajstić information content (AvgIpc) is 3.04. The monoisotopic (exact) mass is 336 g/mol. The van der Waals surface area contributed by atoms with E-state index in [0.29, 0.717) is 12.2 Å². The van der Waals surface area contributed by atoms with Gasteiger partial charge in [-0.3, -0.25) is 9.78 Å². The topological polar surface area (TPSA) is 64.4 Å². The van der Waals surface area contributed by atoms with Gasteiger partial charge in [-0.2, -0.15) is 0 Å². The molecule has 0 spiro atoms. The highest BCUT2D eigenvalue weighted by Crippen LogP contribution is 2.23. The third-order valence-corrected chi connectivity index (χ3v) is 3.61. The van der Waals surface area contributed by atoms with Crippen molar-refractivity contribution in [2.75, 3.05) is 0 Å². The molecule has 1 aromatic carbocycles. The first-order chi connectivity index (χ1) is 12.1. The molecule has 5 heteroatoms. The Bertz CT molecular complexity index is 843. The summed E-state index contributed by atoms with van der Waals surface area (Å²) in [4.78, 5) is 16.7. The zero-order valence-electron chi connectivity index (χ0n) is 14.2. The van der Waals surface area contributed by atoms with Crippen LogP contribution >= 0.6 is 0 Å². The molecule has 0 fully saturated rings. The first-order valence-corrected chi connectivity index (χ1v) is 8.16. The smallest absolute Gasteiger partial charge is 0.290 e. The van der Waals surface area contributed by atoms with Crippen molar-refractivity contribution in [3.63, 3.8) is 0 Å². The molecule has 0 aliphatic carbocycles. The first-order valence-electron chi connectivity index (χ1n) is 8.16. The summed E-state index contributed by atoms with van der Waals surface area (Å²) in [6, 6.07) is 18.3. The quantitative estimate of drug-likeness (QED) is 0.735. The molecule has 3 rings (SSSR count). The minimum absolute atomic E-state index is 0.0645. The number of carbonyl (C=O) groups excluding carboxylic acids is 1. The van der Waals surface area contributed by atoms with E-state index in [1.165, 1.54) is 0 Å². The van der Waals surface area contributed by atoms with Gasteiger partial charge in [0.2, 0.25) is 0 Å². The standard InChI is InChI=1S/C20H20N2O3/c1-14-7-6-8-16(21-14)13-15(2)22-20(23)18-11-12-19(25-18)24-17-9-4-3-5-10-17/h3-12,15H,13H2,1-2H3,(H,22,23)/t15-/m1/s1. The molecule has 0 aliphatic rings. The van der Waals surface area contributed by atoms with Gasteiger partial charge in [0.15, 0.2) is 5.76 Å². The number of aryl methyl sites for hydroxylation is 1. The van der Waals surface area contributed by atoms with E-state index in [1.807, 2.05) is 62.4 Å². The van der Waals surface area contributed by atoms with E-state index in [0.717, 1.165) is 11.4 Å². The third-order valence-electron chi connectivity index (χ3n) is 3.61. The van der Waals surface area contributed by atoms with Gasteiger partial charge in [-0.05, 0) is 44.2 Å². The number of ether oxygens (including phenoxy) is 1. The van der Waals surface area contributed by atoms with Gasteiger partial charge in [0.25, 0.3) is 11.9 Å². The van der Waals surface area contributed by atoms with Gasteiger partial charge in [-0.1, -0.05) is 24.3 Å². The fourth-order valence-corrected chi connectivity index (χ4v) is 2.47. The van der Waals surface area contributed by atoms with Crippen LogP contribution in [0.2, 0.25) is 0 Å². The first kappa shape index (κ1) is 16.8. The van der Waals surface area contributed by atoms with Crippen LogP contribution in [0.4, 0.5) is 0 Å². The number of furan rings is 1. The van der Waals surface area contributed by atoms with E-state index in [4.69, 9.17) is 9.15 Å². The predicted octanol–water partition coefficient (Wildman–Crippen LogP) is 4.14. The lowest BCUT2D eigenvalue weighted by molar-refractivity contribution is 0.0907. The number of benzene rings is 1. The molecule has 1 atom stereocenters. The number of rotatable bonds is 6. The molecule has 0 unspecified atom stereocenters. The minimum atomic E-state index is -0.275. The Morgan fingerprint density at radius 3 is 2.68 bits per heavy atom. The molecule has 128 valence electrons. The maximum Gasteiger partial charge on any atom is 0.290 e. The number of amides is 1. The van der Waals surface area contributed by atoms with Crippen LogP contribution in [0.3, 0.4) is 0 Å². The van der Waals surface area contributed by atoms with E-state index >= 15 is 0 Å². The minimum Gasteiger partial charge on any atom is -0.426 e. The number of aromatic nitrogens is 1. The number of nitrogens with zero attached hydrogens (tertiary/aromatic N) is 1. The molecule has 1 amide bonds. The van der Waals surface area contributed by atoms with Gasteiger partial charge in [0.1, 0.15) is 5.75 Å².